The number of aliphatic hydroxyl groups is 1. The number of nitrogens with one attached hydrogen (secondary N) is 1. The highest BCUT2D eigenvalue weighted by Gasteiger charge is 2.33. The smallest absolute Gasteiger partial charge is 0.242 e. The first-order valence-electron chi connectivity index (χ1n) is 14.1. The van der Waals surface area contributed by atoms with Crippen LogP contribution >= 0.6 is 0 Å². The van der Waals surface area contributed by atoms with Gasteiger partial charge in [0, 0.05) is 37.2 Å². The van der Waals surface area contributed by atoms with Crippen LogP contribution in [-0.2, 0) is 26.0 Å². The van der Waals surface area contributed by atoms with Crippen molar-refractivity contribution < 1.29 is 32.6 Å². The van der Waals surface area contributed by atoms with Gasteiger partial charge in [-0.25, -0.2) is 8.42 Å². The Kier molecular flexibility index (Phi) is 11.7. The topological polar surface area (TPSA) is 129 Å². The summed E-state index contributed by atoms with van der Waals surface area (Å²) in [5, 5.41) is 12.8. The van der Waals surface area contributed by atoms with Crippen molar-refractivity contribution in [3.8, 4) is 11.5 Å². The van der Waals surface area contributed by atoms with Gasteiger partial charge in [0.25, 0.3) is 0 Å². The van der Waals surface area contributed by atoms with Crippen LogP contribution in [0.3, 0.4) is 0 Å². The molecule has 0 unspecified atom stereocenters. The van der Waals surface area contributed by atoms with Crippen LogP contribution in [0, 0.1) is 5.92 Å². The number of hydrogen-bond acceptors (Lipinski definition) is 8. The summed E-state index contributed by atoms with van der Waals surface area (Å²) in [6.07, 6.45) is 0.462. The van der Waals surface area contributed by atoms with Crippen molar-refractivity contribution in [1.29, 1.82) is 0 Å². The van der Waals surface area contributed by atoms with Gasteiger partial charge in [0.2, 0.25) is 21.8 Å². The first-order valence-corrected chi connectivity index (χ1v) is 15.5. The first kappa shape index (κ1) is 33.3. The lowest BCUT2D eigenvalue weighted by atomic mass is 10.0. The van der Waals surface area contributed by atoms with E-state index in [0.717, 1.165) is 6.54 Å². The number of methoxy groups -OCH3 is 1. The second-order valence-electron chi connectivity index (χ2n) is 11.1. The Morgan fingerprint density at radius 2 is 1.88 bits per heavy atom. The molecule has 11 nitrogen and oxygen atoms in total. The second kappa shape index (κ2) is 14.8. The first-order chi connectivity index (χ1) is 19.8. The molecule has 42 heavy (non-hydrogen) atoms. The zero-order valence-electron chi connectivity index (χ0n) is 25.4. The maximum atomic E-state index is 13.4. The monoisotopic (exact) mass is 604 g/mol. The van der Waals surface area contributed by atoms with Crippen molar-refractivity contribution in [2.75, 3.05) is 59.8 Å². The highest BCUT2D eigenvalue weighted by atomic mass is 32.2. The third-order valence-corrected chi connectivity index (χ3v) is 9.25. The number of likely N-dealkylation sites (N-methyl/N-ethyl adjacent to an activating group) is 1. The Labute approximate surface area is 249 Å². The van der Waals surface area contributed by atoms with Crippen molar-refractivity contribution in [3.63, 3.8) is 0 Å². The van der Waals surface area contributed by atoms with Crippen LogP contribution < -0.4 is 14.8 Å². The van der Waals surface area contributed by atoms with E-state index in [1.807, 2.05) is 25.9 Å². The Morgan fingerprint density at radius 1 is 1.19 bits per heavy atom. The van der Waals surface area contributed by atoms with Crippen LogP contribution in [0.1, 0.15) is 32.3 Å². The minimum atomic E-state index is -3.85. The van der Waals surface area contributed by atoms with Crippen LogP contribution in [0.15, 0.2) is 47.4 Å². The van der Waals surface area contributed by atoms with Crippen molar-refractivity contribution in [3.05, 3.63) is 48.0 Å². The summed E-state index contributed by atoms with van der Waals surface area (Å²) < 4.78 is 39.6. The number of carbonyl (C=O) groups is 2. The molecule has 0 aliphatic carbocycles. The Morgan fingerprint density at radius 3 is 2.50 bits per heavy atom. The molecule has 2 amide bonds. The molecule has 2 aromatic carbocycles. The number of aliphatic hydroxyl groups excluding tert-OH is 1. The van der Waals surface area contributed by atoms with Crippen LogP contribution in [0.25, 0.3) is 0 Å². The quantitative estimate of drug-likeness (QED) is 0.378. The van der Waals surface area contributed by atoms with Gasteiger partial charge in [-0.05, 0) is 76.4 Å². The van der Waals surface area contributed by atoms with Crippen molar-refractivity contribution in [1.82, 2.24) is 14.1 Å². The highest BCUT2D eigenvalue weighted by molar-refractivity contribution is 7.89. The van der Waals surface area contributed by atoms with Crippen molar-refractivity contribution in [2.45, 2.75) is 50.2 Å². The van der Waals surface area contributed by atoms with E-state index in [-0.39, 0.29) is 48.7 Å². The van der Waals surface area contributed by atoms with Gasteiger partial charge in [-0.1, -0.05) is 6.92 Å². The molecule has 0 aromatic heterocycles. The second-order valence-corrected chi connectivity index (χ2v) is 13.2. The molecule has 3 rings (SSSR count). The summed E-state index contributed by atoms with van der Waals surface area (Å²) in [5.74, 6) is 0.397. The number of ether oxygens (including phenoxy) is 2. The van der Waals surface area contributed by atoms with E-state index in [2.05, 4.69) is 5.32 Å². The fraction of sp³-hybridized carbons (Fsp3) is 0.533. The molecule has 2 N–H and O–H groups in total. The van der Waals surface area contributed by atoms with E-state index in [1.165, 1.54) is 30.6 Å². The van der Waals surface area contributed by atoms with E-state index < -0.39 is 22.2 Å². The summed E-state index contributed by atoms with van der Waals surface area (Å²) in [7, 11) is 3.07. The van der Waals surface area contributed by atoms with Gasteiger partial charge in [0.05, 0.1) is 37.6 Å². The number of anilines is 1. The lowest BCUT2D eigenvalue weighted by Crippen LogP contribution is -2.48. The van der Waals surface area contributed by atoms with Crippen LogP contribution in [0.4, 0.5) is 5.69 Å². The van der Waals surface area contributed by atoms with E-state index in [9.17, 15) is 23.1 Å². The normalized spacial score (nSPS) is 18.5. The molecule has 3 atom stereocenters. The van der Waals surface area contributed by atoms with Gasteiger partial charge in [0.1, 0.15) is 17.6 Å². The van der Waals surface area contributed by atoms with Gasteiger partial charge in [-0.2, -0.15) is 4.31 Å². The third kappa shape index (κ3) is 8.66. The van der Waals surface area contributed by atoms with Crippen molar-refractivity contribution >= 4 is 27.5 Å². The number of sulfonamides is 1. The molecule has 1 aliphatic heterocycles. The number of fused-ring (bicyclic) bond motifs is 1. The average molecular weight is 605 g/mol. The number of nitrogens with zero attached hydrogens (tertiary/aromatic N) is 3. The lowest BCUT2D eigenvalue weighted by Gasteiger charge is -2.33. The summed E-state index contributed by atoms with van der Waals surface area (Å²) in [6, 6.07) is 10.9. The van der Waals surface area contributed by atoms with E-state index in [4.69, 9.17) is 9.47 Å². The van der Waals surface area contributed by atoms with Gasteiger partial charge < -0.3 is 29.7 Å². The predicted molar refractivity (Wildman–Crippen MR) is 161 cm³/mol. The lowest BCUT2D eigenvalue weighted by molar-refractivity contribution is -0.134. The maximum absolute atomic E-state index is 13.4. The minimum absolute atomic E-state index is 0.00341. The predicted octanol–water partition coefficient (Wildman–Crippen LogP) is 2.45. The molecule has 0 saturated heterocycles. The third-order valence-electron chi connectivity index (χ3n) is 7.41. The SMILES string of the molecule is COc1ccc(S(=O)(=O)N(C)C[C@H]2Oc3ccc(NC(=O)CCCN(C)C)cc3CC(=O)N([C@H](C)CO)C[C@H]2C)cc1. The van der Waals surface area contributed by atoms with E-state index in [1.54, 1.807) is 42.2 Å². The largest absolute Gasteiger partial charge is 0.497 e. The average Bonchev–Trinajstić information content (AvgIpc) is 2.99. The van der Waals surface area contributed by atoms with Gasteiger partial charge in [0.15, 0.2) is 0 Å². The summed E-state index contributed by atoms with van der Waals surface area (Å²) in [5.41, 5.74) is 1.12. The summed E-state index contributed by atoms with van der Waals surface area (Å²) in [4.78, 5) is 29.7. The fourth-order valence-corrected chi connectivity index (χ4v) is 5.97. The van der Waals surface area contributed by atoms with E-state index >= 15 is 0 Å². The molecule has 0 fully saturated rings. The molecule has 0 radical (unpaired) electrons. The standard InChI is InChI=1S/C30H44N4O7S/c1-21-18-34(22(2)20-35)30(37)17-23-16-24(31-29(36)8-7-15-32(3)4)9-14-27(23)41-28(21)19-33(5)42(38,39)26-12-10-25(40-6)11-13-26/h9-14,16,21-22,28,35H,7-8,15,17-20H2,1-6H3,(H,31,36)/t21-,22-,28-/m1/s1. The number of amides is 2. The Bertz CT molecular complexity index is 1320. The van der Waals surface area contributed by atoms with Crippen LogP contribution in [0.2, 0.25) is 0 Å². The number of benzene rings is 2. The zero-order chi connectivity index (χ0) is 31.0. The number of rotatable bonds is 12. The Balaban J connectivity index is 1.89. The molecule has 0 spiro atoms. The van der Waals surface area contributed by atoms with Gasteiger partial charge >= 0.3 is 0 Å². The Hall–Kier alpha value is -3.19. The van der Waals surface area contributed by atoms with Gasteiger partial charge in [-0.15, -0.1) is 0 Å². The molecular formula is C30H44N4O7S. The maximum Gasteiger partial charge on any atom is 0.242 e. The molecule has 1 heterocycles. The van der Waals surface area contributed by atoms with Gasteiger partial charge in [-0.3, -0.25) is 9.59 Å². The molecule has 0 saturated carbocycles. The molecule has 12 heteroatoms. The minimum Gasteiger partial charge on any atom is -0.497 e. The molecule has 232 valence electrons. The van der Waals surface area contributed by atoms with Crippen molar-refractivity contribution in [2.24, 2.45) is 5.92 Å². The zero-order valence-corrected chi connectivity index (χ0v) is 26.2. The fourth-order valence-electron chi connectivity index (χ4n) is 4.78. The highest BCUT2D eigenvalue weighted by Crippen LogP contribution is 2.30. The molecule has 0 bridgehead atoms. The number of carbonyl (C=O) groups excluding carboxylic acids is 2. The summed E-state index contributed by atoms with van der Waals surface area (Å²) in [6.45, 7) is 4.53. The van der Waals surface area contributed by atoms with E-state index in [0.29, 0.717) is 35.6 Å². The molecule has 1 aliphatic rings. The molecule has 2 aromatic rings. The number of hydrogen-bond donors (Lipinski definition) is 2. The van der Waals surface area contributed by atoms with Crippen LogP contribution in [-0.4, -0.2) is 106 Å². The summed E-state index contributed by atoms with van der Waals surface area (Å²) >= 11 is 0. The molecular weight excluding hydrogens is 560 g/mol. The van der Waals surface area contributed by atoms with Crippen LogP contribution in [0.5, 0.6) is 11.5 Å².